The lowest BCUT2D eigenvalue weighted by atomic mass is 10.1. The van der Waals surface area contributed by atoms with Crippen LogP contribution < -0.4 is 10.1 Å². The molecule has 1 saturated heterocycles. The largest absolute Gasteiger partial charge is 0.491 e. The molecule has 0 aliphatic carbocycles. The molecule has 18 heavy (non-hydrogen) atoms. The van der Waals surface area contributed by atoms with E-state index in [-0.39, 0.29) is 6.10 Å². The second kappa shape index (κ2) is 7.05. The summed E-state index contributed by atoms with van der Waals surface area (Å²) in [6, 6.07) is 9.14. The van der Waals surface area contributed by atoms with Crippen LogP contribution in [0.25, 0.3) is 0 Å². The zero-order valence-corrected chi connectivity index (χ0v) is 12.1. The van der Waals surface area contributed by atoms with Gasteiger partial charge in [0, 0.05) is 12.6 Å². The van der Waals surface area contributed by atoms with Crippen LogP contribution >= 0.6 is 11.8 Å². The van der Waals surface area contributed by atoms with Gasteiger partial charge in [0.05, 0.1) is 6.10 Å². The molecule has 0 amide bonds. The van der Waals surface area contributed by atoms with Crippen LogP contribution in [0.3, 0.4) is 0 Å². The van der Waals surface area contributed by atoms with Crippen LogP contribution in [0.5, 0.6) is 5.75 Å². The summed E-state index contributed by atoms with van der Waals surface area (Å²) in [7, 11) is 0. The maximum atomic E-state index is 5.64. The van der Waals surface area contributed by atoms with Crippen molar-refractivity contribution in [2.45, 2.75) is 45.4 Å². The standard InChI is InChI=1S/C15H23NOS/c1-12(2)17-15-5-3-13(4-6-15)11-16-14-7-9-18-10-8-14/h3-6,12,14,16H,7-11H2,1-2H3. The molecule has 1 fully saturated rings. The maximum Gasteiger partial charge on any atom is 0.119 e. The fourth-order valence-electron chi connectivity index (χ4n) is 2.12. The number of ether oxygens (including phenoxy) is 1. The Bertz CT molecular complexity index is 344. The van der Waals surface area contributed by atoms with Crippen LogP contribution in [0.2, 0.25) is 0 Å². The van der Waals surface area contributed by atoms with Gasteiger partial charge in [-0.1, -0.05) is 12.1 Å². The smallest absolute Gasteiger partial charge is 0.119 e. The molecule has 1 aliphatic rings. The second-order valence-corrected chi connectivity index (χ2v) is 6.30. The van der Waals surface area contributed by atoms with Gasteiger partial charge in [-0.25, -0.2) is 0 Å². The summed E-state index contributed by atoms with van der Waals surface area (Å²) in [6.07, 6.45) is 2.85. The SMILES string of the molecule is CC(C)Oc1ccc(CNC2CCSCC2)cc1. The monoisotopic (exact) mass is 265 g/mol. The van der Waals surface area contributed by atoms with Crippen LogP contribution in [-0.2, 0) is 6.54 Å². The summed E-state index contributed by atoms with van der Waals surface area (Å²) in [6.45, 7) is 5.07. The Balaban J connectivity index is 1.78. The number of hydrogen-bond acceptors (Lipinski definition) is 3. The quantitative estimate of drug-likeness (QED) is 0.881. The minimum absolute atomic E-state index is 0.244. The molecule has 0 aromatic heterocycles. The Morgan fingerprint density at radius 3 is 2.50 bits per heavy atom. The Kier molecular flexibility index (Phi) is 5.39. The molecule has 0 unspecified atom stereocenters. The third-order valence-corrected chi connectivity index (χ3v) is 4.16. The molecule has 0 spiro atoms. The van der Waals surface area contributed by atoms with Gasteiger partial charge in [0.1, 0.15) is 5.75 Å². The molecule has 100 valence electrons. The third-order valence-electron chi connectivity index (χ3n) is 3.11. The predicted octanol–water partition coefficient (Wildman–Crippen LogP) is 3.46. The maximum absolute atomic E-state index is 5.64. The average molecular weight is 265 g/mol. The van der Waals surface area contributed by atoms with E-state index in [0.29, 0.717) is 6.04 Å². The van der Waals surface area contributed by atoms with Gasteiger partial charge in [-0.05, 0) is 55.9 Å². The molecule has 2 nitrogen and oxygen atoms in total. The molecular weight excluding hydrogens is 242 g/mol. The van der Waals surface area contributed by atoms with Crippen molar-refractivity contribution in [2.24, 2.45) is 0 Å². The van der Waals surface area contributed by atoms with Gasteiger partial charge in [-0.3, -0.25) is 0 Å². The van der Waals surface area contributed by atoms with Crippen molar-refractivity contribution < 1.29 is 4.74 Å². The molecule has 1 aromatic rings. The molecule has 0 radical (unpaired) electrons. The van der Waals surface area contributed by atoms with Crippen molar-refractivity contribution in [1.29, 1.82) is 0 Å². The highest BCUT2D eigenvalue weighted by Crippen LogP contribution is 2.18. The van der Waals surface area contributed by atoms with Crippen molar-refractivity contribution >= 4 is 11.8 Å². The highest BCUT2D eigenvalue weighted by Gasteiger charge is 2.12. The van der Waals surface area contributed by atoms with E-state index in [1.165, 1.54) is 29.9 Å². The first-order valence-electron chi connectivity index (χ1n) is 6.81. The lowest BCUT2D eigenvalue weighted by Crippen LogP contribution is -2.31. The summed E-state index contributed by atoms with van der Waals surface area (Å²) in [5.74, 6) is 3.57. The number of thioether (sulfide) groups is 1. The molecule has 3 heteroatoms. The predicted molar refractivity (Wildman–Crippen MR) is 79.4 cm³/mol. The molecule has 0 bridgehead atoms. The zero-order chi connectivity index (χ0) is 12.8. The van der Waals surface area contributed by atoms with Crippen molar-refractivity contribution in [1.82, 2.24) is 5.32 Å². The van der Waals surface area contributed by atoms with Crippen LogP contribution in [0.4, 0.5) is 0 Å². The lowest BCUT2D eigenvalue weighted by molar-refractivity contribution is 0.242. The number of rotatable bonds is 5. The fraction of sp³-hybridized carbons (Fsp3) is 0.600. The molecule has 1 N–H and O–H groups in total. The van der Waals surface area contributed by atoms with E-state index >= 15 is 0 Å². The van der Waals surface area contributed by atoms with E-state index < -0.39 is 0 Å². The third kappa shape index (κ3) is 4.54. The molecule has 1 heterocycles. The van der Waals surface area contributed by atoms with E-state index in [1.54, 1.807) is 0 Å². The van der Waals surface area contributed by atoms with Gasteiger partial charge in [-0.2, -0.15) is 11.8 Å². The molecule has 0 saturated carbocycles. The zero-order valence-electron chi connectivity index (χ0n) is 11.3. The summed E-state index contributed by atoms with van der Waals surface area (Å²) in [5, 5.41) is 3.64. The van der Waals surface area contributed by atoms with Crippen LogP contribution in [0, 0.1) is 0 Å². The molecule has 2 rings (SSSR count). The van der Waals surface area contributed by atoms with E-state index in [4.69, 9.17) is 4.74 Å². The van der Waals surface area contributed by atoms with Crippen molar-refractivity contribution in [3.05, 3.63) is 29.8 Å². The Morgan fingerprint density at radius 2 is 1.89 bits per heavy atom. The van der Waals surface area contributed by atoms with Crippen molar-refractivity contribution in [3.8, 4) is 5.75 Å². The molecule has 1 aliphatic heterocycles. The van der Waals surface area contributed by atoms with E-state index in [9.17, 15) is 0 Å². The van der Waals surface area contributed by atoms with Gasteiger partial charge >= 0.3 is 0 Å². The highest BCUT2D eigenvalue weighted by molar-refractivity contribution is 7.99. The first-order chi connectivity index (χ1) is 8.74. The van der Waals surface area contributed by atoms with Crippen molar-refractivity contribution in [3.63, 3.8) is 0 Å². The highest BCUT2D eigenvalue weighted by atomic mass is 32.2. The fourth-order valence-corrected chi connectivity index (χ4v) is 3.23. The van der Waals surface area contributed by atoms with Crippen LogP contribution in [-0.4, -0.2) is 23.7 Å². The number of hydrogen-bond donors (Lipinski definition) is 1. The van der Waals surface area contributed by atoms with E-state index in [1.807, 2.05) is 0 Å². The van der Waals surface area contributed by atoms with Gasteiger partial charge in [0.15, 0.2) is 0 Å². The summed E-state index contributed by atoms with van der Waals surface area (Å²) in [4.78, 5) is 0. The van der Waals surface area contributed by atoms with Crippen LogP contribution in [0.15, 0.2) is 24.3 Å². The van der Waals surface area contributed by atoms with Gasteiger partial charge < -0.3 is 10.1 Å². The Labute approximate surface area is 114 Å². The molecule has 0 atom stereocenters. The number of nitrogens with one attached hydrogen (secondary N) is 1. The molecular formula is C15H23NOS. The first-order valence-corrected chi connectivity index (χ1v) is 7.96. The lowest BCUT2D eigenvalue weighted by Gasteiger charge is -2.22. The van der Waals surface area contributed by atoms with Gasteiger partial charge in [0.2, 0.25) is 0 Å². The van der Waals surface area contributed by atoms with Crippen molar-refractivity contribution in [2.75, 3.05) is 11.5 Å². The Morgan fingerprint density at radius 1 is 1.22 bits per heavy atom. The minimum Gasteiger partial charge on any atom is -0.491 e. The summed E-state index contributed by atoms with van der Waals surface area (Å²) >= 11 is 2.07. The summed E-state index contributed by atoms with van der Waals surface area (Å²) in [5.41, 5.74) is 1.34. The second-order valence-electron chi connectivity index (χ2n) is 5.08. The topological polar surface area (TPSA) is 21.3 Å². The van der Waals surface area contributed by atoms with E-state index in [0.717, 1.165) is 12.3 Å². The van der Waals surface area contributed by atoms with E-state index in [2.05, 4.69) is 55.2 Å². The Hall–Kier alpha value is -0.670. The van der Waals surface area contributed by atoms with Gasteiger partial charge in [0.25, 0.3) is 0 Å². The molecule has 1 aromatic carbocycles. The first kappa shape index (κ1) is 13.8. The minimum atomic E-state index is 0.244. The van der Waals surface area contributed by atoms with Crippen LogP contribution in [0.1, 0.15) is 32.3 Å². The average Bonchev–Trinajstić information content (AvgIpc) is 2.38. The van der Waals surface area contributed by atoms with Gasteiger partial charge in [-0.15, -0.1) is 0 Å². The number of benzene rings is 1. The normalized spacial score (nSPS) is 17.1. The summed E-state index contributed by atoms with van der Waals surface area (Å²) < 4.78 is 5.64.